The zero-order chi connectivity index (χ0) is 33.5. The molecule has 0 radical (unpaired) electrons. The van der Waals surface area contributed by atoms with E-state index in [0.29, 0.717) is 6.61 Å². The number of nitrogens with zero attached hydrogens (tertiary/aromatic N) is 2. The molecule has 4 aromatic rings. The molecule has 0 aliphatic heterocycles. The van der Waals surface area contributed by atoms with Crippen LogP contribution in [0.2, 0.25) is 0 Å². The second-order valence-corrected chi connectivity index (χ2v) is 13.4. The second kappa shape index (κ2) is 24.9. The second-order valence-electron chi connectivity index (χ2n) is 13.4. The Hall–Kier alpha value is -3.20. The molecule has 0 atom stereocenters. The van der Waals surface area contributed by atoms with Crippen LogP contribution in [-0.2, 0) is 17.1 Å². The van der Waals surface area contributed by atoms with E-state index in [1.165, 1.54) is 109 Å². The Morgan fingerprint density at radius 1 is 0.551 bits per heavy atom. The molecule has 1 aromatic heterocycles. The van der Waals surface area contributed by atoms with Crippen LogP contribution in [0, 0.1) is 0 Å². The number of hydrogen-bond acceptors (Lipinski definition) is 3. The van der Waals surface area contributed by atoms with Crippen LogP contribution < -0.4 is 4.74 Å². The third-order valence-electron chi connectivity index (χ3n) is 9.32. The summed E-state index contributed by atoms with van der Waals surface area (Å²) in [5, 5.41) is 0. The molecule has 4 heteroatoms. The van der Waals surface area contributed by atoms with E-state index in [1.54, 1.807) is 0 Å². The molecule has 0 saturated carbocycles. The normalized spacial score (nSPS) is 11.3. The number of pyridine rings is 1. The molecule has 49 heavy (non-hydrogen) atoms. The Morgan fingerprint density at radius 3 is 1.41 bits per heavy atom. The molecule has 0 spiro atoms. The van der Waals surface area contributed by atoms with Gasteiger partial charge in [0.25, 0.3) is 0 Å². The third-order valence-corrected chi connectivity index (χ3v) is 9.32. The molecule has 0 aliphatic rings. The largest absolute Gasteiger partial charge is 0.492 e. The molecule has 0 bridgehead atoms. The fourth-order valence-corrected chi connectivity index (χ4v) is 6.50. The maximum atomic E-state index is 6.69. The summed E-state index contributed by atoms with van der Waals surface area (Å²) in [6, 6.07) is 31.4. The Labute approximate surface area is 308 Å². The van der Waals surface area contributed by atoms with Gasteiger partial charge in [0.15, 0.2) is 0 Å². The number of benzene rings is 3. The Kier molecular flexibility index (Phi) is 20.4. The van der Waals surface area contributed by atoms with E-state index < -0.39 is 0 Å². The van der Waals surface area contributed by atoms with Gasteiger partial charge in [-0.05, 0) is 48.7 Å². The van der Waals surface area contributed by atoms with E-state index in [0.717, 1.165) is 51.5 Å². The van der Waals surface area contributed by atoms with Gasteiger partial charge in [-0.15, -0.1) is 0 Å². The molecule has 4 rings (SSSR count). The molecule has 3 nitrogen and oxygen atoms in total. The standard InChI is InChI=1S/C45H60N2O.Fe/c1-3-4-5-6-7-8-9-10-11-12-13-14-15-16-17-18-19-28-35-48-45-42(39-29-22-20-23-30-39)36-41(37-43(45)40-31-24-21-25-32-40)47-38(2)44-33-26-27-34-46-44;/h20-27,29-34,36-37H,3-19,28,35H2,1-2H3;. The summed E-state index contributed by atoms with van der Waals surface area (Å²) in [5.74, 6) is 0.939. The van der Waals surface area contributed by atoms with Gasteiger partial charge in [0, 0.05) is 34.4 Å². The van der Waals surface area contributed by atoms with Crippen LogP contribution in [0.3, 0.4) is 0 Å². The van der Waals surface area contributed by atoms with Crippen molar-refractivity contribution in [2.24, 2.45) is 4.99 Å². The van der Waals surface area contributed by atoms with Crippen molar-refractivity contribution in [2.45, 2.75) is 129 Å². The monoisotopic (exact) mass is 700 g/mol. The first kappa shape index (κ1) is 40.2. The van der Waals surface area contributed by atoms with Crippen LogP contribution in [0.4, 0.5) is 5.69 Å². The zero-order valence-corrected chi connectivity index (χ0v) is 31.4. The first-order chi connectivity index (χ1) is 23.8. The van der Waals surface area contributed by atoms with E-state index in [9.17, 15) is 0 Å². The number of ether oxygens (including phenoxy) is 1. The van der Waals surface area contributed by atoms with Gasteiger partial charge in [-0.25, -0.2) is 0 Å². The molecule has 0 unspecified atom stereocenters. The van der Waals surface area contributed by atoms with Crippen molar-refractivity contribution in [3.8, 4) is 28.0 Å². The predicted molar refractivity (Wildman–Crippen MR) is 208 cm³/mol. The summed E-state index contributed by atoms with van der Waals surface area (Å²) in [7, 11) is 0. The third kappa shape index (κ3) is 15.1. The topological polar surface area (TPSA) is 34.5 Å². The van der Waals surface area contributed by atoms with E-state index in [4.69, 9.17) is 9.73 Å². The molecule has 0 N–H and O–H groups in total. The van der Waals surface area contributed by atoms with E-state index >= 15 is 0 Å². The number of hydrogen-bond donors (Lipinski definition) is 0. The van der Waals surface area contributed by atoms with Gasteiger partial charge in [-0.2, -0.15) is 0 Å². The summed E-state index contributed by atoms with van der Waals surface area (Å²) in [5.41, 5.74) is 7.09. The Morgan fingerprint density at radius 2 is 0.980 bits per heavy atom. The molecule has 1 heterocycles. The van der Waals surface area contributed by atoms with Crippen LogP contribution in [0.5, 0.6) is 5.75 Å². The van der Waals surface area contributed by atoms with Crippen molar-refractivity contribution in [2.75, 3.05) is 6.61 Å². The van der Waals surface area contributed by atoms with Crippen molar-refractivity contribution >= 4 is 11.4 Å². The summed E-state index contributed by atoms with van der Waals surface area (Å²) >= 11 is 0. The maximum Gasteiger partial charge on any atom is 0.135 e. The first-order valence-corrected chi connectivity index (χ1v) is 19.1. The van der Waals surface area contributed by atoms with Crippen molar-refractivity contribution in [3.63, 3.8) is 0 Å². The van der Waals surface area contributed by atoms with E-state index in [-0.39, 0.29) is 17.1 Å². The zero-order valence-electron chi connectivity index (χ0n) is 30.3. The van der Waals surface area contributed by atoms with E-state index in [1.807, 2.05) is 31.3 Å². The quantitative estimate of drug-likeness (QED) is 0.0414. The smallest absolute Gasteiger partial charge is 0.135 e. The molecule has 264 valence electrons. The summed E-state index contributed by atoms with van der Waals surface area (Å²) < 4.78 is 6.69. The minimum atomic E-state index is 0. The number of rotatable bonds is 24. The van der Waals surface area contributed by atoms with Crippen LogP contribution >= 0.6 is 0 Å². The molecule has 0 amide bonds. The first-order valence-electron chi connectivity index (χ1n) is 19.1. The number of aliphatic imine (C=N–C) groups is 1. The SMILES string of the molecule is CCCCCCCCCCCCCCCCCCCCOc1c(-c2ccccc2)cc(N=C(C)c2ccccn2)cc1-c1ccccc1.[Fe]. The van der Waals surface area contributed by atoms with Crippen LogP contribution in [0.1, 0.15) is 135 Å². The summed E-state index contributed by atoms with van der Waals surface area (Å²) in [6.07, 6.45) is 26.6. The van der Waals surface area contributed by atoms with Gasteiger partial charge >= 0.3 is 0 Å². The van der Waals surface area contributed by atoms with Crippen LogP contribution in [0.15, 0.2) is 102 Å². The van der Waals surface area contributed by atoms with Gasteiger partial charge in [-0.1, -0.05) is 183 Å². The van der Waals surface area contributed by atoms with Crippen LogP contribution in [0.25, 0.3) is 22.3 Å². The van der Waals surface area contributed by atoms with Gasteiger partial charge in [0.1, 0.15) is 5.75 Å². The minimum Gasteiger partial charge on any atom is -0.492 e. The Balaban J connectivity index is 0.00000650. The molecule has 0 aliphatic carbocycles. The molecular weight excluding hydrogens is 640 g/mol. The maximum absolute atomic E-state index is 6.69. The fourth-order valence-electron chi connectivity index (χ4n) is 6.50. The molecular formula is C45H60FeN2O. The molecule has 0 saturated heterocycles. The van der Waals surface area contributed by atoms with Gasteiger partial charge in [-0.3, -0.25) is 9.98 Å². The van der Waals surface area contributed by atoms with Crippen molar-refractivity contribution in [1.82, 2.24) is 4.98 Å². The number of aromatic nitrogens is 1. The van der Waals surface area contributed by atoms with Crippen molar-refractivity contribution in [3.05, 3.63) is 103 Å². The summed E-state index contributed by atoms with van der Waals surface area (Å²) in [6.45, 7) is 5.04. The van der Waals surface area contributed by atoms with Crippen molar-refractivity contribution < 1.29 is 21.8 Å². The average Bonchev–Trinajstić information content (AvgIpc) is 3.13. The molecule has 3 aromatic carbocycles. The minimum absolute atomic E-state index is 0. The van der Waals surface area contributed by atoms with Gasteiger partial charge in [0.05, 0.1) is 23.7 Å². The van der Waals surface area contributed by atoms with Crippen LogP contribution in [-0.4, -0.2) is 17.3 Å². The van der Waals surface area contributed by atoms with Gasteiger partial charge < -0.3 is 4.74 Å². The van der Waals surface area contributed by atoms with Gasteiger partial charge in [0.2, 0.25) is 0 Å². The Bertz CT molecular complexity index is 1380. The fraction of sp³-hybridized carbons (Fsp3) is 0.467. The predicted octanol–water partition coefficient (Wildman–Crippen LogP) is 14.0. The summed E-state index contributed by atoms with van der Waals surface area (Å²) in [4.78, 5) is 9.54. The average molecular weight is 701 g/mol. The molecule has 0 fully saturated rings. The number of unbranched alkanes of at least 4 members (excludes halogenated alkanes) is 17. The van der Waals surface area contributed by atoms with Crippen molar-refractivity contribution in [1.29, 1.82) is 0 Å². The van der Waals surface area contributed by atoms with E-state index in [2.05, 4.69) is 84.7 Å².